The van der Waals surface area contributed by atoms with Crippen LogP contribution in [0.5, 0.6) is 0 Å². The Hall–Kier alpha value is -0.600. The standard InChI is InChI=1S/C7H6Cl2N2/c1-5-4-6(10-8)2-3-7(5)11-9/h2-4H,1H3/b10-6+,11-7-. The van der Waals surface area contributed by atoms with Gasteiger partial charge in [-0.2, -0.15) is 9.02 Å². The zero-order valence-electron chi connectivity index (χ0n) is 5.88. The maximum absolute atomic E-state index is 5.29. The Morgan fingerprint density at radius 3 is 2.36 bits per heavy atom. The first-order valence-corrected chi connectivity index (χ1v) is 3.70. The first-order valence-electron chi connectivity index (χ1n) is 3.02. The molecule has 0 saturated heterocycles. The molecule has 58 valence electrons. The molecule has 0 bridgehead atoms. The number of rotatable bonds is 0. The molecule has 1 aliphatic carbocycles. The molecule has 1 rings (SSSR count). The van der Waals surface area contributed by atoms with Crippen LogP contribution in [0.2, 0.25) is 0 Å². The summed E-state index contributed by atoms with van der Waals surface area (Å²) in [5.41, 5.74) is 2.42. The minimum Gasteiger partial charge on any atom is -0.178 e. The van der Waals surface area contributed by atoms with Gasteiger partial charge in [0.15, 0.2) is 0 Å². The van der Waals surface area contributed by atoms with E-state index in [1.165, 1.54) is 0 Å². The van der Waals surface area contributed by atoms with Crippen molar-refractivity contribution in [3.8, 4) is 0 Å². The van der Waals surface area contributed by atoms with E-state index in [4.69, 9.17) is 23.6 Å². The summed E-state index contributed by atoms with van der Waals surface area (Å²) >= 11 is 10.5. The van der Waals surface area contributed by atoms with Crippen molar-refractivity contribution in [1.29, 1.82) is 0 Å². The summed E-state index contributed by atoms with van der Waals surface area (Å²) in [6.07, 6.45) is 5.33. The average Bonchev–Trinajstić information content (AvgIpc) is 2.04. The first-order chi connectivity index (χ1) is 5.27. The Kier molecular flexibility index (Phi) is 2.85. The maximum Gasteiger partial charge on any atom is 0.0807 e. The van der Waals surface area contributed by atoms with Crippen LogP contribution in [0.15, 0.2) is 32.8 Å². The fourth-order valence-corrected chi connectivity index (χ4v) is 1.08. The molecule has 0 atom stereocenters. The predicted octanol–water partition coefficient (Wildman–Crippen LogP) is 2.69. The van der Waals surface area contributed by atoms with Crippen molar-refractivity contribution in [1.82, 2.24) is 0 Å². The van der Waals surface area contributed by atoms with Crippen LogP contribution < -0.4 is 0 Å². The molecule has 0 unspecified atom stereocenters. The van der Waals surface area contributed by atoms with E-state index in [0.717, 1.165) is 11.3 Å². The van der Waals surface area contributed by atoms with Crippen LogP contribution in [0.4, 0.5) is 0 Å². The summed E-state index contributed by atoms with van der Waals surface area (Å²) in [5.74, 6) is 0. The van der Waals surface area contributed by atoms with Crippen molar-refractivity contribution in [3.05, 3.63) is 23.8 Å². The molecule has 0 heterocycles. The zero-order valence-corrected chi connectivity index (χ0v) is 7.39. The third-order valence-corrected chi connectivity index (χ3v) is 1.75. The lowest BCUT2D eigenvalue weighted by Crippen LogP contribution is -2.04. The first kappa shape index (κ1) is 8.50. The van der Waals surface area contributed by atoms with E-state index in [1.54, 1.807) is 12.2 Å². The second-order valence-corrected chi connectivity index (χ2v) is 2.48. The van der Waals surface area contributed by atoms with Gasteiger partial charge in [0.05, 0.1) is 11.4 Å². The Morgan fingerprint density at radius 2 is 1.91 bits per heavy atom. The number of allylic oxidation sites excluding steroid dienone is 4. The highest BCUT2D eigenvalue weighted by Gasteiger charge is 2.04. The minimum atomic E-state index is 0.716. The molecule has 0 N–H and O–H groups in total. The van der Waals surface area contributed by atoms with Crippen molar-refractivity contribution >= 4 is 35.0 Å². The monoisotopic (exact) mass is 188 g/mol. The van der Waals surface area contributed by atoms with Crippen LogP contribution >= 0.6 is 23.6 Å². The van der Waals surface area contributed by atoms with E-state index in [1.807, 2.05) is 13.0 Å². The summed E-state index contributed by atoms with van der Waals surface area (Å²) < 4.78 is 7.03. The molecule has 0 saturated carbocycles. The highest BCUT2D eigenvalue weighted by molar-refractivity contribution is 6.31. The second kappa shape index (κ2) is 3.69. The number of halogens is 2. The number of hydrogen-bond donors (Lipinski definition) is 0. The molecule has 0 aromatic rings. The van der Waals surface area contributed by atoms with Gasteiger partial charge in [0, 0.05) is 23.6 Å². The molecule has 11 heavy (non-hydrogen) atoms. The second-order valence-electron chi connectivity index (χ2n) is 2.14. The molecule has 4 heteroatoms. The molecule has 2 nitrogen and oxygen atoms in total. The SMILES string of the molecule is CC1=CC(=N/Cl)/C=CC/1=N/Cl. The van der Waals surface area contributed by atoms with E-state index >= 15 is 0 Å². The topological polar surface area (TPSA) is 24.7 Å². The Balaban J connectivity index is 2.97. The summed E-state index contributed by atoms with van der Waals surface area (Å²) in [5, 5.41) is 0. The minimum absolute atomic E-state index is 0.716. The van der Waals surface area contributed by atoms with Crippen molar-refractivity contribution in [3.63, 3.8) is 0 Å². The number of hydrogen-bond acceptors (Lipinski definition) is 2. The molecule has 0 aliphatic heterocycles. The Morgan fingerprint density at radius 1 is 1.18 bits per heavy atom. The van der Waals surface area contributed by atoms with E-state index in [9.17, 15) is 0 Å². The van der Waals surface area contributed by atoms with Crippen LogP contribution in [-0.2, 0) is 0 Å². The van der Waals surface area contributed by atoms with Crippen molar-refractivity contribution in [2.24, 2.45) is 9.02 Å². The quantitative estimate of drug-likeness (QED) is 0.523. The average molecular weight is 189 g/mol. The van der Waals surface area contributed by atoms with Gasteiger partial charge in [-0.15, -0.1) is 0 Å². The summed E-state index contributed by atoms with van der Waals surface area (Å²) in [6.45, 7) is 1.90. The third kappa shape index (κ3) is 1.91. The van der Waals surface area contributed by atoms with Crippen LogP contribution in [0.1, 0.15) is 6.92 Å². The normalized spacial score (nSPS) is 24.5. The third-order valence-electron chi connectivity index (χ3n) is 1.37. The molecule has 0 amide bonds. The zero-order chi connectivity index (χ0) is 8.27. The molecular weight excluding hydrogens is 183 g/mol. The van der Waals surface area contributed by atoms with Gasteiger partial charge in [-0.05, 0) is 30.7 Å². The van der Waals surface area contributed by atoms with Gasteiger partial charge in [-0.3, -0.25) is 0 Å². The van der Waals surface area contributed by atoms with Gasteiger partial charge >= 0.3 is 0 Å². The Bertz CT molecular complexity index is 274. The predicted molar refractivity (Wildman–Crippen MR) is 49.5 cm³/mol. The lowest BCUT2D eigenvalue weighted by Gasteiger charge is -2.04. The van der Waals surface area contributed by atoms with Crippen molar-refractivity contribution in [2.75, 3.05) is 0 Å². The number of nitrogens with zero attached hydrogens (tertiary/aromatic N) is 2. The highest BCUT2D eigenvalue weighted by Crippen LogP contribution is 2.08. The fourth-order valence-electron chi connectivity index (χ4n) is 0.787. The largest absolute Gasteiger partial charge is 0.178 e. The molecule has 0 aromatic carbocycles. The molecule has 0 spiro atoms. The van der Waals surface area contributed by atoms with Crippen molar-refractivity contribution in [2.45, 2.75) is 6.92 Å². The molecule has 0 aromatic heterocycles. The molecule has 1 aliphatic rings. The van der Waals surface area contributed by atoms with E-state index in [0.29, 0.717) is 5.71 Å². The van der Waals surface area contributed by atoms with Gasteiger partial charge < -0.3 is 0 Å². The molecule has 0 radical (unpaired) electrons. The molecule has 0 fully saturated rings. The summed E-state index contributed by atoms with van der Waals surface area (Å²) in [4.78, 5) is 0. The van der Waals surface area contributed by atoms with Gasteiger partial charge in [0.2, 0.25) is 0 Å². The van der Waals surface area contributed by atoms with Gasteiger partial charge in [-0.1, -0.05) is 0 Å². The van der Waals surface area contributed by atoms with E-state index < -0.39 is 0 Å². The van der Waals surface area contributed by atoms with Crippen LogP contribution in [0, 0.1) is 0 Å². The summed E-state index contributed by atoms with van der Waals surface area (Å²) in [6, 6.07) is 0. The van der Waals surface area contributed by atoms with Crippen LogP contribution in [-0.4, -0.2) is 11.4 Å². The van der Waals surface area contributed by atoms with E-state index in [-0.39, 0.29) is 0 Å². The van der Waals surface area contributed by atoms with Crippen LogP contribution in [0.25, 0.3) is 0 Å². The van der Waals surface area contributed by atoms with Crippen molar-refractivity contribution < 1.29 is 0 Å². The van der Waals surface area contributed by atoms with E-state index in [2.05, 4.69) is 9.02 Å². The fraction of sp³-hybridized carbons (Fsp3) is 0.143. The lowest BCUT2D eigenvalue weighted by molar-refractivity contribution is 1.56. The smallest absolute Gasteiger partial charge is 0.0807 e. The summed E-state index contributed by atoms with van der Waals surface area (Å²) in [7, 11) is 0. The van der Waals surface area contributed by atoms with Gasteiger partial charge in [0.1, 0.15) is 0 Å². The Labute approximate surface area is 75.2 Å². The maximum atomic E-state index is 5.29. The highest BCUT2D eigenvalue weighted by atomic mass is 35.5. The molecular formula is C7H6Cl2N2. The van der Waals surface area contributed by atoms with Gasteiger partial charge in [0.25, 0.3) is 0 Å². The lowest BCUT2D eigenvalue weighted by atomic mass is 10.0. The van der Waals surface area contributed by atoms with Crippen LogP contribution in [0.3, 0.4) is 0 Å². The van der Waals surface area contributed by atoms with Gasteiger partial charge in [-0.25, -0.2) is 0 Å².